The molecule has 0 aromatic heterocycles. The molecule has 2 aromatic carbocycles. The van der Waals surface area contributed by atoms with Crippen LogP contribution in [0.15, 0.2) is 47.4 Å². The van der Waals surface area contributed by atoms with Crippen LogP contribution in [0.3, 0.4) is 0 Å². The number of ether oxygens (including phenoxy) is 2. The average Bonchev–Trinajstić information content (AvgIpc) is 3.05. The lowest BCUT2D eigenvalue weighted by Gasteiger charge is -2.22. The van der Waals surface area contributed by atoms with Crippen molar-refractivity contribution < 1.29 is 31.9 Å². The van der Waals surface area contributed by atoms with Gasteiger partial charge in [0.15, 0.2) is 11.5 Å². The first-order valence-electron chi connectivity index (χ1n) is 10.9. The Kier molecular flexibility index (Phi) is 8.46. The minimum absolute atomic E-state index is 0.0357. The third-order valence-electron chi connectivity index (χ3n) is 5.09. The second-order valence-corrected chi connectivity index (χ2v) is 9.74. The molecular formula is C23H28FN3O6S. The summed E-state index contributed by atoms with van der Waals surface area (Å²) >= 11 is 0. The fourth-order valence-corrected chi connectivity index (χ4v) is 4.61. The highest BCUT2D eigenvalue weighted by Crippen LogP contribution is 2.32. The second-order valence-electron chi connectivity index (χ2n) is 8.03. The smallest absolute Gasteiger partial charge is 0.254 e. The van der Waals surface area contributed by atoms with Gasteiger partial charge >= 0.3 is 0 Å². The molecular weight excluding hydrogens is 465 g/mol. The Labute approximate surface area is 198 Å². The molecule has 34 heavy (non-hydrogen) atoms. The summed E-state index contributed by atoms with van der Waals surface area (Å²) in [6.07, 6.45) is 0.686. The molecule has 0 spiro atoms. The molecule has 1 atom stereocenters. The molecule has 1 aliphatic heterocycles. The molecule has 0 bridgehead atoms. The zero-order chi connectivity index (χ0) is 24.7. The number of fused-ring (bicyclic) bond motifs is 1. The van der Waals surface area contributed by atoms with Crippen LogP contribution < -0.4 is 24.8 Å². The van der Waals surface area contributed by atoms with Crippen LogP contribution in [0.25, 0.3) is 0 Å². The Hall–Kier alpha value is -3.18. The molecule has 1 heterocycles. The molecule has 3 rings (SSSR count). The van der Waals surface area contributed by atoms with Gasteiger partial charge in [0, 0.05) is 25.6 Å². The van der Waals surface area contributed by atoms with Crippen LogP contribution in [-0.4, -0.2) is 52.6 Å². The Morgan fingerprint density at radius 3 is 2.38 bits per heavy atom. The largest absolute Gasteiger partial charge is 0.490 e. The number of carbonyl (C=O) groups is 2. The van der Waals surface area contributed by atoms with Gasteiger partial charge in [-0.1, -0.05) is 26.0 Å². The zero-order valence-corrected chi connectivity index (χ0v) is 19.8. The van der Waals surface area contributed by atoms with Crippen molar-refractivity contribution in [1.29, 1.82) is 0 Å². The molecule has 0 radical (unpaired) electrons. The standard InChI is InChI=1S/C23H28FN3O6S/c1-15(2)21(23(29)26-11-10-25-22(28)17-6-3-4-7-18(17)24)27-34(30,31)16-8-9-19-20(14-16)33-13-5-12-32-19/h3-4,6-9,14-15,21,27H,5,10-13H2,1-2H3,(H,25,28)(H,26,29). The van der Waals surface area contributed by atoms with Crippen molar-refractivity contribution in [1.82, 2.24) is 15.4 Å². The summed E-state index contributed by atoms with van der Waals surface area (Å²) in [6.45, 7) is 4.39. The molecule has 0 aliphatic carbocycles. The normalized spacial score (nSPS) is 14.2. The number of benzene rings is 2. The molecule has 0 saturated carbocycles. The lowest BCUT2D eigenvalue weighted by Crippen LogP contribution is -2.50. The van der Waals surface area contributed by atoms with E-state index in [1.807, 2.05) is 0 Å². The Bertz CT molecular complexity index is 1140. The fraction of sp³-hybridized carbons (Fsp3) is 0.391. The minimum Gasteiger partial charge on any atom is -0.490 e. The first kappa shape index (κ1) is 25.4. The minimum atomic E-state index is -4.04. The summed E-state index contributed by atoms with van der Waals surface area (Å²) < 4.78 is 53.1. The highest BCUT2D eigenvalue weighted by molar-refractivity contribution is 7.89. The van der Waals surface area contributed by atoms with E-state index in [-0.39, 0.29) is 29.5 Å². The number of rotatable bonds is 9. The van der Waals surface area contributed by atoms with Crippen molar-refractivity contribution >= 4 is 21.8 Å². The van der Waals surface area contributed by atoms with Gasteiger partial charge in [0.1, 0.15) is 11.9 Å². The van der Waals surface area contributed by atoms with Gasteiger partial charge in [-0.15, -0.1) is 0 Å². The number of halogens is 1. The van der Waals surface area contributed by atoms with E-state index in [1.165, 1.54) is 36.4 Å². The van der Waals surface area contributed by atoms with Crippen LogP contribution in [0.5, 0.6) is 11.5 Å². The molecule has 11 heteroatoms. The van der Waals surface area contributed by atoms with Gasteiger partial charge in [0.05, 0.1) is 23.7 Å². The van der Waals surface area contributed by atoms with Gasteiger partial charge in [-0.2, -0.15) is 4.72 Å². The number of sulfonamides is 1. The molecule has 2 amide bonds. The SMILES string of the molecule is CC(C)C(NS(=O)(=O)c1ccc2c(c1)OCCCO2)C(=O)NCCNC(=O)c1ccccc1F. The van der Waals surface area contributed by atoms with Crippen LogP contribution in [0.4, 0.5) is 4.39 Å². The van der Waals surface area contributed by atoms with Crippen molar-refractivity contribution in [3.05, 3.63) is 53.8 Å². The predicted octanol–water partition coefficient (Wildman–Crippen LogP) is 1.84. The number of amides is 2. The molecule has 2 aromatic rings. The van der Waals surface area contributed by atoms with Crippen LogP contribution in [0.1, 0.15) is 30.6 Å². The summed E-state index contributed by atoms with van der Waals surface area (Å²) in [5.41, 5.74) is -0.100. The monoisotopic (exact) mass is 493 g/mol. The van der Waals surface area contributed by atoms with Crippen LogP contribution in [0.2, 0.25) is 0 Å². The summed E-state index contributed by atoms with van der Waals surface area (Å²) in [6, 6.07) is 8.79. The maximum atomic E-state index is 13.7. The number of nitrogens with one attached hydrogen (secondary N) is 3. The second kappa shape index (κ2) is 11.3. The van der Waals surface area contributed by atoms with E-state index in [9.17, 15) is 22.4 Å². The van der Waals surface area contributed by atoms with Gasteiger partial charge in [-0.25, -0.2) is 12.8 Å². The van der Waals surface area contributed by atoms with Crippen molar-refractivity contribution in [3.8, 4) is 11.5 Å². The van der Waals surface area contributed by atoms with Crippen molar-refractivity contribution in [2.45, 2.75) is 31.2 Å². The lowest BCUT2D eigenvalue weighted by atomic mass is 10.1. The van der Waals surface area contributed by atoms with Crippen molar-refractivity contribution in [2.75, 3.05) is 26.3 Å². The van der Waals surface area contributed by atoms with E-state index >= 15 is 0 Å². The first-order valence-corrected chi connectivity index (χ1v) is 12.4. The average molecular weight is 494 g/mol. The fourth-order valence-electron chi connectivity index (χ4n) is 3.25. The highest BCUT2D eigenvalue weighted by Gasteiger charge is 2.29. The molecule has 9 nitrogen and oxygen atoms in total. The Balaban J connectivity index is 1.58. The van der Waals surface area contributed by atoms with Crippen molar-refractivity contribution in [2.24, 2.45) is 5.92 Å². The van der Waals surface area contributed by atoms with Gasteiger partial charge < -0.3 is 20.1 Å². The van der Waals surface area contributed by atoms with Gasteiger partial charge in [-0.05, 0) is 30.2 Å². The van der Waals surface area contributed by atoms with E-state index < -0.39 is 33.7 Å². The van der Waals surface area contributed by atoms with E-state index in [0.29, 0.717) is 31.1 Å². The highest BCUT2D eigenvalue weighted by atomic mass is 32.2. The Morgan fingerprint density at radius 2 is 1.68 bits per heavy atom. The van der Waals surface area contributed by atoms with E-state index in [2.05, 4.69) is 15.4 Å². The molecule has 1 unspecified atom stereocenters. The maximum Gasteiger partial charge on any atom is 0.254 e. The van der Waals surface area contributed by atoms with Crippen LogP contribution >= 0.6 is 0 Å². The number of hydrogen-bond acceptors (Lipinski definition) is 6. The van der Waals surface area contributed by atoms with Gasteiger partial charge in [0.2, 0.25) is 15.9 Å². The third-order valence-corrected chi connectivity index (χ3v) is 6.53. The first-order chi connectivity index (χ1) is 16.2. The van der Waals surface area contributed by atoms with Crippen LogP contribution in [0, 0.1) is 11.7 Å². The third kappa shape index (κ3) is 6.45. The molecule has 1 aliphatic rings. The number of hydrogen-bond donors (Lipinski definition) is 3. The summed E-state index contributed by atoms with van der Waals surface area (Å²) in [7, 11) is -4.04. The van der Waals surface area contributed by atoms with Crippen molar-refractivity contribution in [3.63, 3.8) is 0 Å². The van der Waals surface area contributed by atoms with Gasteiger partial charge in [0.25, 0.3) is 5.91 Å². The quantitative estimate of drug-likeness (QED) is 0.458. The summed E-state index contributed by atoms with van der Waals surface area (Å²) in [4.78, 5) is 24.7. The summed E-state index contributed by atoms with van der Waals surface area (Å²) in [5, 5.41) is 5.11. The van der Waals surface area contributed by atoms with E-state index in [1.54, 1.807) is 19.9 Å². The van der Waals surface area contributed by atoms with E-state index in [4.69, 9.17) is 9.47 Å². The van der Waals surface area contributed by atoms with Crippen LogP contribution in [-0.2, 0) is 14.8 Å². The topological polar surface area (TPSA) is 123 Å². The maximum absolute atomic E-state index is 13.7. The number of carbonyl (C=O) groups excluding carboxylic acids is 2. The lowest BCUT2D eigenvalue weighted by molar-refractivity contribution is -0.123. The Morgan fingerprint density at radius 1 is 1.00 bits per heavy atom. The predicted molar refractivity (Wildman–Crippen MR) is 123 cm³/mol. The molecule has 3 N–H and O–H groups in total. The van der Waals surface area contributed by atoms with E-state index in [0.717, 1.165) is 0 Å². The molecule has 0 fully saturated rings. The zero-order valence-electron chi connectivity index (χ0n) is 19.0. The summed E-state index contributed by atoms with van der Waals surface area (Å²) in [5.74, 6) is -1.37. The van der Waals surface area contributed by atoms with Gasteiger partial charge in [-0.3, -0.25) is 9.59 Å². The molecule has 184 valence electrons. The molecule has 0 saturated heterocycles.